The minimum Gasteiger partial charge on any atom is -0.379 e. The molecule has 22 heavy (non-hydrogen) atoms. The van der Waals surface area contributed by atoms with Crippen LogP contribution in [0, 0.1) is 6.92 Å². The van der Waals surface area contributed by atoms with Gasteiger partial charge in [0.05, 0.1) is 25.1 Å². The molecule has 1 unspecified atom stereocenters. The molecule has 2 fully saturated rings. The van der Waals surface area contributed by atoms with E-state index in [0.29, 0.717) is 12.2 Å². The Kier molecular flexibility index (Phi) is 4.95. The first-order valence-corrected chi connectivity index (χ1v) is 8.82. The highest BCUT2D eigenvalue weighted by molar-refractivity contribution is 7.99. The second kappa shape index (κ2) is 6.93. The van der Waals surface area contributed by atoms with Crippen LogP contribution in [0.1, 0.15) is 22.6 Å². The zero-order valence-corrected chi connectivity index (χ0v) is 13.7. The normalized spacial score (nSPS) is 26.0. The Labute approximate surface area is 135 Å². The van der Waals surface area contributed by atoms with Crippen molar-refractivity contribution in [3.05, 3.63) is 23.8 Å². The fourth-order valence-electron chi connectivity index (χ4n) is 2.98. The van der Waals surface area contributed by atoms with E-state index in [4.69, 9.17) is 4.74 Å². The second-order valence-electron chi connectivity index (χ2n) is 5.85. The molecule has 2 saturated heterocycles. The monoisotopic (exact) mass is 322 g/mol. The van der Waals surface area contributed by atoms with Gasteiger partial charge in [-0.3, -0.25) is 14.7 Å². The smallest absolute Gasteiger partial charge is 0.271 e. The molecular formula is C15H22N4O2S. The van der Waals surface area contributed by atoms with E-state index in [0.717, 1.165) is 49.9 Å². The van der Waals surface area contributed by atoms with E-state index in [9.17, 15) is 4.79 Å². The molecule has 3 heterocycles. The summed E-state index contributed by atoms with van der Waals surface area (Å²) in [4.78, 5) is 23.0. The first-order chi connectivity index (χ1) is 10.7. The van der Waals surface area contributed by atoms with Gasteiger partial charge in [-0.15, -0.1) is 0 Å². The van der Waals surface area contributed by atoms with Gasteiger partial charge < -0.3 is 10.1 Å². The number of hydrogen-bond acceptors (Lipinski definition) is 6. The predicted octanol–water partition coefficient (Wildman–Crippen LogP) is 0.723. The zero-order valence-electron chi connectivity index (χ0n) is 12.9. The summed E-state index contributed by atoms with van der Waals surface area (Å²) >= 11 is 1.96. The Balaban J connectivity index is 1.64. The van der Waals surface area contributed by atoms with Crippen LogP contribution in [-0.2, 0) is 4.74 Å². The van der Waals surface area contributed by atoms with Gasteiger partial charge in [0.1, 0.15) is 5.69 Å². The largest absolute Gasteiger partial charge is 0.379 e. The molecule has 0 aliphatic carbocycles. The predicted molar refractivity (Wildman–Crippen MR) is 86.2 cm³/mol. The summed E-state index contributed by atoms with van der Waals surface area (Å²) in [5, 5.41) is 3.06. The number of thioether (sulfide) groups is 1. The lowest BCUT2D eigenvalue weighted by Gasteiger charge is -2.43. The maximum absolute atomic E-state index is 12.3. The quantitative estimate of drug-likeness (QED) is 0.881. The summed E-state index contributed by atoms with van der Waals surface area (Å²) in [5.74, 6) is 2.07. The first-order valence-electron chi connectivity index (χ1n) is 7.67. The van der Waals surface area contributed by atoms with Gasteiger partial charge in [-0.1, -0.05) is 0 Å². The highest BCUT2D eigenvalue weighted by Crippen LogP contribution is 2.33. The zero-order chi connectivity index (χ0) is 15.4. The van der Waals surface area contributed by atoms with Crippen LogP contribution in [0.5, 0.6) is 0 Å². The molecule has 0 bridgehead atoms. The van der Waals surface area contributed by atoms with E-state index in [1.165, 1.54) is 6.20 Å². The number of morpholine rings is 1. The van der Waals surface area contributed by atoms with E-state index in [2.05, 4.69) is 20.2 Å². The van der Waals surface area contributed by atoms with Crippen LogP contribution in [-0.4, -0.2) is 70.7 Å². The van der Waals surface area contributed by atoms with E-state index in [1.54, 1.807) is 6.20 Å². The highest BCUT2D eigenvalue weighted by atomic mass is 32.2. The van der Waals surface area contributed by atoms with Gasteiger partial charge >= 0.3 is 0 Å². The Bertz CT molecular complexity index is 511. The third-order valence-electron chi connectivity index (χ3n) is 4.36. The molecule has 0 spiro atoms. The molecular weight excluding hydrogens is 300 g/mol. The summed E-state index contributed by atoms with van der Waals surface area (Å²) < 4.78 is 5.46. The lowest BCUT2D eigenvalue weighted by molar-refractivity contribution is -0.0129. The Hall–Kier alpha value is -1.18. The lowest BCUT2D eigenvalue weighted by Crippen LogP contribution is -2.59. The number of hydrogen-bond donors (Lipinski definition) is 1. The van der Waals surface area contributed by atoms with Crippen molar-refractivity contribution in [2.24, 2.45) is 0 Å². The van der Waals surface area contributed by atoms with Gasteiger partial charge in [0, 0.05) is 37.1 Å². The Morgan fingerprint density at radius 2 is 2.23 bits per heavy atom. The topological polar surface area (TPSA) is 67.4 Å². The molecule has 1 atom stereocenters. The van der Waals surface area contributed by atoms with Gasteiger partial charge in [-0.2, -0.15) is 11.8 Å². The molecule has 2 aliphatic heterocycles. The number of carbonyl (C=O) groups is 1. The van der Waals surface area contributed by atoms with Crippen molar-refractivity contribution in [1.82, 2.24) is 20.2 Å². The number of carbonyl (C=O) groups excluding carboxylic acids is 1. The summed E-state index contributed by atoms with van der Waals surface area (Å²) in [6, 6.07) is 0. The third kappa shape index (κ3) is 3.42. The molecule has 2 aliphatic rings. The highest BCUT2D eigenvalue weighted by Gasteiger charge is 2.40. The van der Waals surface area contributed by atoms with E-state index in [1.807, 2.05) is 18.7 Å². The molecule has 7 heteroatoms. The van der Waals surface area contributed by atoms with Gasteiger partial charge in [0.2, 0.25) is 0 Å². The summed E-state index contributed by atoms with van der Waals surface area (Å²) in [7, 11) is 0. The van der Waals surface area contributed by atoms with Crippen molar-refractivity contribution < 1.29 is 9.53 Å². The Morgan fingerprint density at radius 1 is 1.41 bits per heavy atom. The minimum atomic E-state index is -0.142. The number of nitrogens with zero attached hydrogens (tertiary/aromatic N) is 3. The van der Waals surface area contributed by atoms with Crippen LogP contribution >= 0.6 is 11.8 Å². The van der Waals surface area contributed by atoms with Crippen LogP contribution < -0.4 is 5.32 Å². The SMILES string of the molecule is Cc1cnc(C(=O)NCC2(N3CCOCC3)CCSC2)cn1. The van der Waals surface area contributed by atoms with Crippen molar-refractivity contribution in [1.29, 1.82) is 0 Å². The number of rotatable bonds is 4. The number of ether oxygens (including phenoxy) is 1. The van der Waals surface area contributed by atoms with Crippen LogP contribution in [0.4, 0.5) is 0 Å². The fourth-order valence-corrected chi connectivity index (χ4v) is 4.46. The lowest BCUT2D eigenvalue weighted by atomic mass is 9.95. The molecule has 0 aromatic carbocycles. The van der Waals surface area contributed by atoms with E-state index in [-0.39, 0.29) is 11.4 Å². The maximum Gasteiger partial charge on any atom is 0.271 e. The average Bonchev–Trinajstić information content (AvgIpc) is 3.04. The van der Waals surface area contributed by atoms with Crippen LogP contribution in [0.25, 0.3) is 0 Å². The number of aromatic nitrogens is 2. The standard InChI is InChI=1S/C15H22N4O2S/c1-12-8-17-13(9-16-12)14(20)18-10-15(2-7-22-11-15)19-3-5-21-6-4-19/h8-9H,2-7,10-11H2,1H3,(H,18,20). The molecule has 120 valence electrons. The molecule has 1 aromatic rings. The fraction of sp³-hybridized carbons (Fsp3) is 0.667. The van der Waals surface area contributed by atoms with Gasteiger partial charge in [-0.05, 0) is 19.1 Å². The van der Waals surface area contributed by atoms with Crippen LogP contribution in [0.2, 0.25) is 0 Å². The van der Waals surface area contributed by atoms with E-state index < -0.39 is 0 Å². The Morgan fingerprint density at radius 3 is 2.86 bits per heavy atom. The third-order valence-corrected chi connectivity index (χ3v) is 5.59. The summed E-state index contributed by atoms with van der Waals surface area (Å²) in [6.07, 6.45) is 4.27. The van der Waals surface area contributed by atoms with Gasteiger partial charge in [0.15, 0.2) is 0 Å². The molecule has 1 amide bonds. The maximum atomic E-state index is 12.3. The molecule has 1 N–H and O–H groups in total. The number of amides is 1. The van der Waals surface area contributed by atoms with Crippen molar-refractivity contribution in [3.63, 3.8) is 0 Å². The summed E-state index contributed by atoms with van der Waals surface area (Å²) in [5.41, 5.74) is 1.25. The molecule has 1 aromatic heterocycles. The molecule has 0 saturated carbocycles. The summed E-state index contributed by atoms with van der Waals surface area (Å²) in [6.45, 7) is 5.97. The second-order valence-corrected chi connectivity index (χ2v) is 6.96. The number of nitrogens with one attached hydrogen (secondary N) is 1. The molecule has 0 radical (unpaired) electrons. The molecule has 3 rings (SSSR count). The van der Waals surface area contributed by atoms with Crippen LogP contribution in [0.15, 0.2) is 12.4 Å². The first kappa shape index (κ1) is 15.7. The van der Waals surface area contributed by atoms with Gasteiger partial charge in [0.25, 0.3) is 5.91 Å². The average molecular weight is 322 g/mol. The van der Waals surface area contributed by atoms with Crippen molar-refractivity contribution >= 4 is 17.7 Å². The van der Waals surface area contributed by atoms with Gasteiger partial charge in [-0.25, -0.2) is 4.98 Å². The van der Waals surface area contributed by atoms with Crippen molar-refractivity contribution in [2.75, 3.05) is 44.4 Å². The molecule has 6 nitrogen and oxygen atoms in total. The number of aryl methyl sites for hydroxylation is 1. The van der Waals surface area contributed by atoms with E-state index >= 15 is 0 Å². The van der Waals surface area contributed by atoms with Crippen molar-refractivity contribution in [3.8, 4) is 0 Å². The van der Waals surface area contributed by atoms with Crippen molar-refractivity contribution in [2.45, 2.75) is 18.9 Å². The minimum absolute atomic E-state index is 0.0578. The van der Waals surface area contributed by atoms with Crippen LogP contribution in [0.3, 0.4) is 0 Å².